The van der Waals surface area contributed by atoms with E-state index in [1.165, 1.54) is 11.1 Å². The van der Waals surface area contributed by atoms with Gasteiger partial charge in [-0.05, 0) is 28.8 Å². The summed E-state index contributed by atoms with van der Waals surface area (Å²) in [6.07, 6.45) is 0.874. The number of benzene rings is 2. The van der Waals surface area contributed by atoms with Gasteiger partial charge in [0.2, 0.25) is 0 Å². The van der Waals surface area contributed by atoms with Crippen molar-refractivity contribution < 1.29 is 4.74 Å². The zero-order chi connectivity index (χ0) is 13.2. The fourth-order valence-corrected chi connectivity index (χ4v) is 2.69. The van der Waals surface area contributed by atoms with Gasteiger partial charge in [0, 0.05) is 18.7 Å². The topological polar surface area (TPSA) is 61.3 Å². The van der Waals surface area contributed by atoms with Gasteiger partial charge in [-0.1, -0.05) is 36.4 Å². The third kappa shape index (κ3) is 2.35. The van der Waals surface area contributed by atoms with Gasteiger partial charge in [-0.15, -0.1) is 0 Å². The molecule has 0 bridgehead atoms. The van der Waals surface area contributed by atoms with Gasteiger partial charge in [0.15, 0.2) is 0 Å². The summed E-state index contributed by atoms with van der Waals surface area (Å²) in [5.41, 5.74) is 16.1. The standard InChI is InChI=1S/C16H18N2O/c17-10-16-14-7-2-1-4-11(14)9-15(19-16)12-5-3-6-13(18)8-12/h1-8,15-16H,9-10,17-18H2. The molecule has 0 saturated carbocycles. The van der Waals surface area contributed by atoms with Crippen molar-refractivity contribution in [3.05, 3.63) is 65.2 Å². The van der Waals surface area contributed by atoms with Crippen LogP contribution in [0.5, 0.6) is 0 Å². The third-order valence-corrected chi connectivity index (χ3v) is 3.63. The van der Waals surface area contributed by atoms with E-state index in [1.54, 1.807) is 0 Å². The number of hydrogen-bond acceptors (Lipinski definition) is 3. The Balaban J connectivity index is 1.95. The molecule has 0 fully saturated rings. The van der Waals surface area contributed by atoms with E-state index in [0.29, 0.717) is 6.54 Å². The van der Waals surface area contributed by atoms with E-state index in [4.69, 9.17) is 16.2 Å². The van der Waals surface area contributed by atoms with E-state index >= 15 is 0 Å². The molecule has 3 rings (SSSR count). The average molecular weight is 254 g/mol. The molecule has 0 aromatic heterocycles. The minimum atomic E-state index is -0.0311. The van der Waals surface area contributed by atoms with E-state index in [9.17, 15) is 0 Å². The van der Waals surface area contributed by atoms with Crippen LogP contribution in [0.15, 0.2) is 48.5 Å². The fraction of sp³-hybridized carbons (Fsp3) is 0.250. The summed E-state index contributed by atoms with van der Waals surface area (Å²) in [7, 11) is 0. The average Bonchev–Trinajstić information content (AvgIpc) is 2.46. The molecule has 1 aliphatic rings. The molecular weight excluding hydrogens is 236 g/mol. The van der Waals surface area contributed by atoms with Crippen molar-refractivity contribution in [3.8, 4) is 0 Å². The van der Waals surface area contributed by atoms with Crippen LogP contribution in [-0.4, -0.2) is 6.54 Å². The SMILES string of the molecule is NCC1OC(c2cccc(N)c2)Cc2ccccc21. The maximum absolute atomic E-state index is 6.12. The number of rotatable bonds is 2. The van der Waals surface area contributed by atoms with Crippen molar-refractivity contribution >= 4 is 5.69 Å². The second-order valence-corrected chi connectivity index (χ2v) is 4.92. The summed E-state index contributed by atoms with van der Waals surface area (Å²) in [5, 5.41) is 0. The van der Waals surface area contributed by atoms with Crippen LogP contribution in [0.2, 0.25) is 0 Å². The maximum atomic E-state index is 6.12. The smallest absolute Gasteiger partial charge is 0.0958 e. The van der Waals surface area contributed by atoms with E-state index in [1.807, 2.05) is 24.3 Å². The van der Waals surface area contributed by atoms with Gasteiger partial charge in [0.1, 0.15) is 0 Å². The van der Waals surface area contributed by atoms with Crippen molar-refractivity contribution in [2.45, 2.75) is 18.6 Å². The van der Waals surface area contributed by atoms with Gasteiger partial charge < -0.3 is 16.2 Å². The van der Waals surface area contributed by atoms with Crippen LogP contribution >= 0.6 is 0 Å². The van der Waals surface area contributed by atoms with Crippen LogP contribution < -0.4 is 11.5 Å². The minimum Gasteiger partial charge on any atom is -0.399 e. The summed E-state index contributed by atoms with van der Waals surface area (Å²) in [4.78, 5) is 0. The molecule has 0 radical (unpaired) electrons. The molecule has 4 N–H and O–H groups in total. The predicted octanol–water partition coefficient (Wildman–Crippen LogP) is 2.58. The number of anilines is 1. The maximum Gasteiger partial charge on any atom is 0.0958 e. The Morgan fingerprint density at radius 3 is 2.74 bits per heavy atom. The van der Waals surface area contributed by atoms with Crippen LogP contribution in [0.3, 0.4) is 0 Å². The van der Waals surface area contributed by atoms with Crippen molar-refractivity contribution in [3.63, 3.8) is 0 Å². The fourth-order valence-electron chi connectivity index (χ4n) is 2.69. The lowest BCUT2D eigenvalue weighted by Gasteiger charge is -2.32. The first-order valence-electron chi connectivity index (χ1n) is 6.56. The Morgan fingerprint density at radius 1 is 1.11 bits per heavy atom. The van der Waals surface area contributed by atoms with E-state index in [-0.39, 0.29) is 12.2 Å². The first kappa shape index (κ1) is 12.2. The summed E-state index contributed by atoms with van der Waals surface area (Å²) >= 11 is 0. The second-order valence-electron chi connectivity index (χ2n) is 4.92. The number of fused-ring (bicyclic) bond motifs is 1. The van der Waals surface area contributed by atoms with Crippen molar-refractivity contribution in [1.82, 2.24) is 0 Å². The van der Waals surface area contributed by atoms with Gasteiger partial charge >= 0.3 is 0 Å². The molecule has 0 saturated heterocycles. The van der Waals surface area contributed by atoms with Gasteiger partial charge in [0.05, 0.1) is 12.2 Å². The number of ether oxygens (including phenoxy) is 1. The molecule has 1 heterocycles. The Kier molecular flexibility index (Phi) is 3.23. The molecule has 3 nitrogen and oxygen atoms in total. The van der Waals surface area contributed by atoms with Gasteiger partial charge in [0.25, 0.3) is 0 Å². The van der Waals surface area contributed by atoms with E-state index < -0.39 is 0 Å². The monoisotopic (exact) mass is 254 g/mol. The van der Waals surface area contributed by atoms with Crippen LogP contribution in [0.4, 0.5) is 5.69 Å². The lowest BCUT2D eigenvalue weighted by molar-refractivity contribution is -0.0223. The van der Waals surface area contributed by atoms with Crippen molar-refractivity contribution in [1.29, 1.82) is 0 Å². The van der Waals surface area contributed by atoms with E-state index in [0.717, 1.165) is 17.7 Å². The lowest BCUT2D eigenvalue weighted by atomic mass is 9.91. The molecule has 1 aliphatic heterocycles. The Labute approximate surface area is 113 Å². The van der Waals surface area contributed by atoms with Gasteiger partial charge in [-0.25, -0.2) is 0 Å². The molecule has 19 heavy (non-hydrogen) atoms. The molecule has 0 spiro atoms. The highest BCUT2D eigenvalue weighted by molar-refractivity contribution is 5.42. The van der Waals surface area contributed by atoms with Gasteiger partial charge in [-0.3, -0.25) is 0 Å². The zero-order valence-electron chi connectivity index (χ0n) is 10.8. The first-order chi connectivity index (χ1) is 9.28. The normalized spacial score (nSPS) is 21.9. The Morgan fingerprint density at radius 2 is 1.95 bits per heavy atom. The molecule has 0 amide bonds. The summed E-state index contributed by atoms with van der Waals surface area (Å²) in [5.74, 6) is 0. The van der Waals surface area contributed by atoms with Gasteiger partial charge in [-0.2, -0.15) is 0 Å². The number of hydrogen-bond donors (Lipinski definition) is 2. The second kappa shape index (κ2) is 5.03. The molecule has 2 atom stereocenters. The molecule has 2 aromatic carbocycles. The van der Waals surface area contributed by atoms with Crippen LogP contribution in [0, 0.1) is 0 Å². The molecule has 0 aliphatic carbocycles. The largest absolute Gasteiger partial charge is 0.399 e. The lowest BCUT2D eigenvalue weighted by Crippen LogP contribution is -2.25. The molecule has 2 aromatic rings. The van der Waals surface area contributed by atoms with Crippen LogP contribution in [0.25, 0.3) is 0 Å². The quantitative estimate of drug-likeness (QED) is 0.810. The molecular formula is C16H18N2O. The Hall–Kier alpha value is -1.84. The highest BCUT2D eigenvalue weighted by Gasteiger charge is 2.27. The molecule has 3 heteroatoms. The highest BCUT2D eigenvalue weighted by atomic mass is 16.5. The number of nitrogens with two attached hydrogens (primary N) is 2. The van der Waals surface area contributed by atoms with Crippen molar-refractivity contribution in [2.24, 2.45) is 5.73 Å². The summed E-state index contributed by atoms with van der Waals surface area (Å²) < 4.78 is 6.12. The van der Waals surface area contributed by atoms with Crippen molar-refractivity contribution in [2.75, 3.05) is 12.3 Å². The summed E-state index contributed by atoms with van der Waals surface area (Å²) in [6.45, 7) is 0.496. The minimum absolute atomic E-state index is 0.0311. The first-order valence-corrected chi connectivity index (χ1v) is 6.56. The van der Waals surface area contributed by atoms with Crippen LogP contribution in [0.1, 0.15) is 28.9 Å². The predicted molar refractivity (Wildman–Crippen MR) is 76.6 cm³/mol. The summed E-state index contributed by atoms with van der Waals surface area (Å²) in [6, 6.07) is 16.2. The highest BCUT2D eigenvalue weighted by Crippen LogP contribution is 2.37. The van der Waals surface area contributed by atoms with Crippen LogP contribution in [-0.2, 0) is 11.2 Å². The Bertz CT molecular complexity index is 582. The van der Waals surface area contributed by atoms with E-state index in [2.05, 4.69) is 24.3 Å². The molecule has 2 unspecified atom stereocenters. The zero-order valence-corrected chi connectivity index (χ0v) is 10.8. The third-order valence-electron chi connectivity index (χ3n) is 3.63. The number of nitrogen functional groups attached to an aromatic ring is 1. The molecule has 98 valence electrons.